The number of nitrogens with zero attached hydrogens (tertiary/aromatic N) is 2. The van der Waals surface area contributed by atoms with Crippen LogP contribution in [-0.4, -0.2) is 9.97 Å². The van der Waals surface area contributed by atoms with Gasteiger partial charge in [0.15, 0.2) is 0 Å². The van der Waals surface area contributed by atoms with Gasteiger partial charge in [0, 0.05) is 6.07 Å². The highest BCUT2D eigenvalue weighted by atomic mass is 35.5. The zero-order valence-electron chi connectivity index (χ0n) is 8.14. The maximum atomic E-state index is 5.74. The summed E-state index contributed by atoms with van der Waals surface area (Å²) in [5.41, 5.74) is 0. The van der Waals surface area contributed by atoms with E-state index in [0.29, 0.717) is 11.0 Å². The number of rotatable bonds is 3. The molecular formula is C10H10ClN3O. The minimum Gasteiger partial charge on any atom is -0.467 e. The van der Waals surface area contributed by atoms with Crippen LogP contribution in [0.5, 0.6) is 0 Å². The molecule has 5 heteroatoms. The van der Waals surface area contributed by atoms with Gasteiger partial charge >= 0.3 is 0 Å². The molecule has 0 bridgehead atoms. The van der Waals surface area contributed by atoms with E-state index in [1.54, 1.807) is 12.3 Å². The van der Waals surface area contributed by atoms with Gasteiger partial charge in [-0.2, -0.15) is 0 Å². The lowest BCUT2D eigenvalue weighted by Gasteiger charge is -2.11. The van der Waals surface area contributed by atoms with Gasteiger partial charge in [0.05, 0.1) is 12.3 Å². The fourth-order valence-electron chi connectivity index (χ4n) is 1.24. The van der Waals surface area contributed by atoms with Crippen LogP contribution in [0.4, 0.5) is 5.82 Å². The molecule has 15 heavy (non-hydrogen) atoms. The molecule has 1 unspecified atom stereocenters. The van der Waals surface area contributed by atoms with Crippen molar-refractivity contribution in [2.75, 3.05) is 5.32 Å². The highest BCUT2D eigenvalue weighted by Crippen LogP contribution is 2.18. The quantitative estimate of drug-likeness (QED) is 0.813. The second kappa shape index (κ2) is 4.31. The predicted octanol–water partition coefficient (Wildman–Crippen LogP) is 2.90. The van der Waals surface area contributed by atoms with Crippen molar-refractivity contribution >= 4 is 17.4 Å². The number of furan rings is 1. The van der Waals surface area contributed by atoms with Gasteiger partial charge in [0.1, 0.15) is 23.1 Å². The summed E-state index contributed by atoms with van der Waals surface area (Å²) in [6.45, 7) is 1.98. The normalized spacial score (nSPS) is 12.4. The highest BCUT2D eigenvalue weighted by molar-refractivity contribution is 6.29. The minimum atomic E-state index is 0.0472. The molecule has 2 aromatic rings. The Balaban J connectivity index is 2.09. The van der Waals surface area contributed by atoms with E-state index >= 15 is 0 Å². The van der Waals surface area contributed by atoms with Crippen LogP contribution in [0.3, 0.4) is 0 Å². The van der Waals surface area contributed by atoms with E-state index < -0.39 is 0 Å². The average molecular weight is 224 g/mol. The molecule has 0 spiro atoms. The summed E-state index contributed by atoms with van der Waals surface area (Å²) in [5.74, 6) is 1.53. The van der Waals surface area contributed by atoms with Crippen LogP contribution in [0.2, 0.25) is 5.15 Å². The third kappa shape index (κ3) is 2.47. The first-order chi connectivity index (χ1) is 7.25. The predicted molar refractivity (Wildman–Crippen MR) is 57.8 cm³/mol. The second-order valence-corrected chi connectivity index (χ2v) is 3.49. The van der Waals surface area contributed by atoms with E-state index in [0.717, 1.165) is 5.76 Å². The molecule has 2 heterocycles. The van der Waals surface area contributed by atoms with Crippen LogP contribution >= 0.6 is 11.6 Å². The molecule has 78 valence electrons. The molecule has 0 saturated carbocycles. The average Bonchev–Trinajstić information content (AvgIpc) is 2.70. The van der Waals surface area contributed by atoms with Crippen LogP contribution in [-0.2, 0) is 0 Å². The molecule has 0 aliphatic heterocycles. The van der Waals surface area contributed by atoms with Crippen LogP contribution in [0.25, 0.3) is 0 Å². The molecule has 2 aromatic heterocycles. The Hall–Kier alpha value is -1.55. The van der Waals surface area contributed by atoms with E-state index in [1.807, 2.05) is 19.1 Å². The van der Waals surface area contributed by atoms with Crippen molar-refractivity contribution in [2.24, 2.45) is 0 Å². The molecular weight excluding hydrogens is 214 g/mol. The largest absolute Gasteiger partial charge is 0.467 e. The van der Waals surface area contributed by atoms with Gasteiger partial charge in [-0.1, -0.05) is 11.6 Å². The van der Waals surface area contributed by atoms with Gasteiger partial charge in [0.2, 0.25) is 0 Å². The Bertz CT molecular complexity index is 430. The Kier molecular flexibility index (Phi) is 2.87. The summed E-state index contributed by atoms with van der Waals surface area (Å²) >= 11 is 5.74. The minimum absolute atomic E-state index is 0.0472. The second-order valence-electron chi connectivity index (χ2n) is 3.11. The van der Waals surface area contributed by atoms with E-state index in [1.165, 1.54) is 6.33 Å². The Morgan fingerprint density at radius 1 is 1.47 bits per heavy atom. The number of hydrogen-bond donors (Lipinski definition) is 1. The number of anilines is 1. The summed E-state index contributed by atoms with van der Waals surface area (Å²) in [6, 6.07) is 5.47. The first kappa shape index (κ1) is 9.98. The molecule has 1 atom stereocenters. The third-order valence-corrected chi connectivity index (χ3v) is 2.17. The third-order valence-electron chi connectivity index (χ3n) is 1.97. The molecule has 0 fully saturated rings. The molecule has 2 rings (SSSR count). The molecule has 1 N–H and O–H groups in total. The number of halogens is 1. The Morgan fingerprint density at radius 3 is 3.00 bits per heavy atom. The van der Waals surface area contributed by atoms with Crippen LogP contribution in [0.1, 0.15) is 18.7 Å². The van der Waals surface area contributed by atoms with Gasteiger partial charge < -0.3 is 9.73 Å². The van der Waals surface area contributed by atoms with Crippen molar-refractivity contribution in [3.63, 3.8) is 0 Å². The van der Waals surface area contributed by atoms with Gasteiger partial charge in [-0.3, -0.25) is 0 Å². The SMILES string of the molecule is CC(Nc1cc(Cl)ncn1)c1ccco1. The summed E-state index contributed by atoms with van der Waals surface area (Å²) in [5, 5.41) is 3.57. The van der Waals surface area contributed by atoms with Gasteiger partial charge in [-0.05, 0) is 19.1 Å². The summed E-state index contributed by atoms with van der Waals surface area (Å²) in [4.78, 5) is 7.84. The van der Waals surface area contributed by atoms with Crippen molar-refractivity contribution in [3.05, 3.63) is 41.7 Å². The van der Waals surface area contributed by atoms with Crippen molar-refractivity contribution < 1.29 is 4.42 Å². The molecule has 0 saturated heterocycles. The highest BCUT2D eigenvalue weighted by Gasteiger charge is 2.08. The smallest absolute Gasteiger partial charge is 0.134 e. The maximum absolute atomic E-state index is 5.74. The van der Waals surface area contributed by atoms with Gasteiger partial charge in [0.25, 0.3) is 0 Å². The van der Waals surface area contributed by atoms with Gasteiger partial charge in [-0.25, -0.2) is 9.97 Å². The lowest BCUT2D eigenvalue weighted by atomic mass is 10.2. The topological polar surface area (TPSA) is 51.0 Å². The maximum Gasteiger partial charge on any atom is 0.134 e. The fraction of sp³-hybridized carbons (Fsp3) is 0.200. The van der Waals surface area contributed by atoms with Crippen molar-refractivity contribution in [2.45, 2.75) is 13.0 Å². The van der Waals surface area contributed by atoms with Crippen LogP contribution < -0.4 is 5.32 Å². The molecule has 0 amide bonds. The van der Waals surface area contributed by atoms with Crippen LogP contribution in [0.15, 0.2) is 35.2 Å². The Morgan fingerprint density at radius 2 is 2.33 bits per heavy atom. The number of nitrogens with one attached hydrogen (secondary N) is 1. The molecule has 0 aliphatic rings. The summed E-state index contributed by atoms with van der Waals surface area (Å²) < 4.78 is 5.26. The monoisotopic (exact) mass is 223 g/mol. The molecule has 0 aliphatic carbocycles. The van der Waals surface area contributed by atoms with Crippen molar-refractivity contribution in [1.82, 2.24) is 9.97 Å². The number of aromatic nitrogens is 2. The number of hydrogen-bond acceptors (Lipinski definition) is 4. The first-order valence-corrected chi connectivity index (χ1v) is 4.91. The molecule has 4 nitrogen and oxygen atoms in total. The summed E-state index contributed by atoms with van der Waals surface area (Å²) in [7, 11) is 0. The lowest BCUT2D eigenvalue weighted by molar-refractivity contribution is 0.490. The zero-order chi connectivity index (χ0) is 10.7. The fourth-order valence-corrected chi connectivity index (χ4v) is 1.39. The van der Waals surface area contributed by atoms with E-state index in [9.17, 15) is 0 Å². The summed E-state index contributed by atoms with van der Waals surface area (Å²) in [6.07, 6.45) is 3.06. The standard InChI is InChI=1S/C10H10ClN3O/c1-7(8-3-2-4-15-8)14-10-5-9(11)12-6-13-10/h2-7H,1H3,(H,12,13,14). The van der Waals surface area contributed by atoms with E-state index in [2.05, 4.69) is 15.3 Å². The molecule has 0 radical (unpaired) electrons. The van der Waals surface area contributed by atoms with Crippen molar-refractivity contribution in [3.8, 4) is 0 Å². The van der Waals surface area contributed by atoms with Gasteiger partial charge in [-0.15, -0.1) is 0 Å². The van der Waals surface area contributed by atoms with Crippen LogP contribution in [0, 0.1) is 0 Å². The van der Waals surface area contributed by atoms with Crippen molar-refractivity contribution in [1.29, 1.82) is 0 Å². The Labute approximate surface area is 92.3 Å². The zero-order valence-corrected chi connectivity index (χ0v) is 8.90. The molecule has 0 aromatic carbocycles. The van der Waals surface area contributed by atoms with E-state index in [4.69, 9.17) is 16.0 Å². The lowest BCUT2D eigenvalue weighted by Crippen LogP contribution is -2.06. The first-order valence-electron chi connectivity index (χ1n) is 4.53. The van der Waals surface area contributed by atoms with E-state index in [-0.39, 0.29) is 6.04 Å².